The Hall–Kier alpha value is -1.54. The Morgan fingerprint density at radius 2 is 1.91 bits per heavy atom. The first-order valence-corrected chi connectivity index (χ1v) is 9.16. The van der Waals surface area contributed by atoms with Crippen molar-refractivity contribution in [1.29, 1.82) is 0 Å². The highest BCUT2D eigenvalue weighted by Crippen LogP contribution is 2.25. The summed E-state index contributed by atoms with van der Waals surface area (Å²) >= 11 is 0. The molecule has 1 aliphatic rings. The van der Waals surface area contributed by atoms with Crippen LogP contribution in [0.3, 0.4) is 0 Å². The van der Waals surface area contributed by atoms with Crippen molar-refractivity contribution < 1.29 is 4.74 Å². The number of rotatable bonds is 7. The summed E-state index contributed by atoms with van der Waals surface area (Å²) in [6.07, 6.45) is 6.49. The summed E-state index contributed by atoms with van der Waals surface area (Å²) in [7, 11) is 0. The number of ether oxygens (including phenoxy) is 1. The summed E-state index contributed by atoms with van der Waals surface area (Å²) in [5, 5.41) is 2.47. The monoisotopic (exact) mass is 311 g/mol. The van der Waals surface area contributed by atoms with Crippen molar-refractivity contribution in [3.05, 3.63) is 42.5 Å². The van der Waals surface area contributed by atoms with Gasteiger partial charge in [0, 0.05) is 11.9 Å². The molecule has 23 heavy (non-hydrogen) atoms. The molecule has 2 aromatic rings. The Morgan fingerprint density at radius 3 is 2.83 bits per heavy atom. The molecule has 1 atom stereocenters. The van der Waals surface area contributed by atoms with Gasteiger partial charge in [0.1, 0.15) is 5.75 Å². The Balaban J connectivity index is 1.36. The molecule has 1 unspecified atom stereocenters. The maximum Gasteiger partial charge on any atom is 0.127 e. The molecule has 1 aliphatic heterocycles. The van der Waals surface area contributed by atoms with E-state index in [2.05, 4.69) is 54.3 Å². The summed E-state index contributed by atoms with van der Waals surface area (Å²) in [4.78, 5) is 2.64. The minimum Gasteiger partial charge on any atom is -0.493 e. The van der Waals surface area contributed by atoms with Crippen molar-refractivity contribution in [3.63, 3.8) is 0 Å². The van der Waals surface area contributed by atoms with Crippen molar-refractivity contribution in [2.75, 3.05) is 26.2 Å². The molecule has 0 N–H and O–H groups in total. The van der Waals surface area contributed by atoms with Gasteiger partial charge in [-0.15, -0.1) is 0 Å². The predicted octanol–water partition coefficient (Wildman–Crippen LogP) is 5.12. The molecule has 0 aliphatic carbocycles. The Bertz CT molecular complexity index is 604. The normalized spacial score (nSPS) is 19.1. The van der Waals surface area contributed by atoms with Crippen LogP contribution in [-0.4, -0.2) is 31.1 Å². The van der Waals surface area contributed by atoms with Gasteiger partial charge in [0.05, 0.1) is 6.61 Å². The van der Waals surface area contributed by atoms with Gasteiger partial charge in [-0.1, -0.05) is 43.3 Å². The van der Waals surface area contributed by atoms with Crippen molar-refractivity contribution in [2.45, 2.75) is 39.0 Å². The standard InChI is InChI=1S/C21H29NO/c1-18-9-8-15-22(17-18)14-5-2-6-16-23-21-13-7-11-19-10-3-4-12-20(19)21/h3-4,7,10-13,18H,2,5-6,8-9,14-17H2,1H3. The molecule has 0 aromatic heterocycles. The second kappa shape index (κ2) is 8.35. The number of hydrogen-bond acceptors (Lipinski definition) is 2. The van der Waals surface area contributed by atoms with Crippen LogP contribution in [0.1, 0.15) is 39.0 Å². The number of hydrogen-bond donors (Lipinski definition) is 0. The first-order chi connectivity index (χ1) is 11.3. The second-order valence-electron chi connectivity index (χ2n) is 6.93. The molecule has 1 saturated heterocycles. The first kappa shape index (κ1) is 16.3. The molecule has 0 amide bonds. The molecule has 0 radical (unpaired) electrons. The Kier molecular flexibility index (Phi) is 5.93. The molecule has 2 aromatic carbocycles. The summed E-state index contributed by atoms with van der Waals surface area (Å²) in [6.45, 7) is 7.07. The summed E-state index contributed by atoms with van der Waals surface area (Å²) in [5.74, 6) is 1.91. The lowest BCUT2D eigenvalue weighted by Gasteiger charge is -2.30. The zero-order valence-corrected chi connectivity index (χ0v) is 14.3. The molecule has 2 nitrogen and oxygen atoms in total. The van der Waals surface area contributed by atoms with E-state index < -0.39 is 0 Å². The zero-order chi connectivity index (χ0) is 15.9. The highest BCUT2D eigenvalue weighted by atomic mass is 16.5. The van der Waals surface area contributed by atoms with E-state index in [1.807, 2.05) is 0 Å². The highest BCUT2D eigenvalue weighted by molar-refractivity contribution is 5.88. The molecule has 2 heteroatoms. The molecule has 0 spiro atoms. The zero-order valence-electron chi connectivity index (χ0n) is 14.3. The summed E-state index contributed by atoms with van der Waals surface area (Å²) in [6, 6.07) is 14.7. The summed E-state index contributed by atoms with van der Waals surface area (Å²) < 4.78 is 6.01. The third kappa shape index (κ3) is 4.71. The largest absolute Gasteiger partial charge is 0.493 e. The van der Waals surface area contributed by atoms with E-state index >= 15 is 0 Å². The Labute approximate surface area is 140 Å². The fourth-order valence-corrected chi connectivity index (χ4v) is 3.61. The fourth-order valence-electron chi connectivity index (χ4n) is 3.61. The van der Waals surface area contributed by atoms with Gasteiger partial charge < -0.3 is 9.64 Å². The minimum atomic E-state index is 0.824. The second-order valence-corrected chi connectivity index (χ2v) is 6.93. The molecule has 0 bridgehead atoms. The van der Waals surface area contributed by atoms with Crippen LogP contribution in [0.2, 0.25) is 0 Å². The van der Waals surface area contributed by atoms with Gasteiger partial charge in [-0.3, -0.25) is 0 Å². The molecular formula is C21H29NO. The van der Waals surface area contributed by atoms with Crippen molar-refractivity contribution in [1.82, 2.24) is 4.90 Å². The number of fused-ring (bicyclic) bond motifs is 1. The maximum atomic E-state index is 6.01. The van der Waals surface area contributed by atoms with Crippen LogP contribution in [0, 0.1) is 5.92 Å². The third-order valence-electron chi connectivity index (χ3n) is 4.87. The van der Waals surface area contributed by atoms with E-state index in [4.69, 9.17) is 4.74 Å². The summed E-state index contributed by atoms with van der Waals surface area (Å²) in [5.41, 5.74) is 0. The van der Waals surface area contributed by atoms with Crippen LogP contribution in [0.5, 0.6) is 5.75 Å². The van der Waals surface area contributed by atoms with E-state index in [1.165, 1.54) is 56.1 Å². The van der Waals surface area contributed by atoms with E-state index in [1.54, 1.807) is 0 Å². The predicted molar refractivity (Wildman–Crippen MR) is 98.1 cm³/mol. The fraction of sp³-hybridized carbons (Fsp3) is 0.524. The van der Waals surface area contributed by atoms with Gasteiger partial charge in [0.2, 0.25) is 0 Å². The quantitative estimate of drug-likeness (QED) is 0.658. The van der Waals surface area contributed by atoms with Gasteiger partial charge >= 0.3 is 0 Å². The Morgan fingerprint density at radius 1 is 1.04 bits per heavy atom. The highest BCUT2D eigenvalue weighted by Gasteiger charge is 2.15. The molecule has 3 rings (SSSR count). The SMILES string of the molecule is CC1CCCN(CCCCCOc2cccc3ccccc23)C1. The van der Waals surface area contributed by atoms with Crippen LogP contribution in [0.15, 0.2) is 42.5 Å². The van der Waals surface area contributed by atoms with Crippen LogP contribution in [0.4, 0.5) is 0 Å². The van der Waals surface area contributed by atoms with Gasteiger partial charge in [-0.05, 0) is 62.6 Å². The molecular weight excluding hydrogens is 282 g/mol. The van der Waals surface area contributed by atoms with E-state index in [0.29, 0.717) is 0 Å². The average molecular weight is 311 g/mol. The van der Waals surface area contributed by atoms with Gasteiger partial charge in [0.25, 0.3) is 0 Å². The minimum absolute atomic E-state index is 0.824. The molecule has 124 valence electrons. The van der Waals surface area contributed by atoms with Crippen LogP contribution in [0.25, 0.3) is 10.8 Å². The number of likely N-dealkylation sites (tertiary alicyclic amines) is 1. The van der Waals surface area contributed by atoms with Crippen molar-refractivity contribution >= 4 is 10.8 Å². The van der Waals surface area contributed by atoms with Gasteiger partial charge in [-0.2, -0.15) is 0 Å². The number of nitrogens with zero attached hydrogens (tertiary/aromatic N) is 1. The van der Waals surface area contributed by atoms with E-state index in [9.17, 15) is 0 Å². The maximum absolute atomic E-state index is 6.01. The lowest BCUT2D eigenvalue weighted by Crippen LogP contribution is -2.34. The third-order valence-corrected chi connectivity index (χ3v) is 4.87. The topological polar surface area (TPSA) is 12.5 Å². The molecule has 0 saturated carbocycles. The van der Waals surface area contributed by atoms with Gasteiger partial charge in [-0.25, -0.2) is 0 Å². The first-order valence-electron chi connectivity index (χ1n) is 9.16. The molecule has 1 heterocycles. The number of unbranched alkanes of at least 4 members (excludes halogenated alkanes) is 2. The number of piperidine rings is 1. The van der Waals surface area contributed by atoms with E-state index in [-0.39, 0.29) is 0 Å². The smallest absolute Gasteiger partial charge is 0.127 e. The van der Waals surface area contributed by atoms with Crippen molar-refractivity contribution in [2.24, 2.45) is 5.92 Å². The van der Waals surface area contributed by atoms with Crippen molar-refractivity contribution in [3.8, 4) is 5.75 Å². The average Bonchev–Trinajstić information content (AvgIpc) is 2.58. The van der Waals surface area contributed by atoms with Crippen LogP contribution < -0.4 is 4.74 Å². The van der Waals surface area contributed by atoms with E-state index in [0.717, 1.165) is 24.7 Å². The lowest BCUT2D eigenvalue weighted by atomic mass is 10.00. The van der Waals surface area contributed by atoms with Gasteiger partial charge in [0.15, 0.2) is 0 Å². The van der Waals surface area contributed by atoms with Crippen LogP contribution in [-0.2, 0) is 0 Å². The molecule has 1 fully saturated rings. The van der Waals surface area contributed by atoms with Crippen LogP contribution >= 0.6 is 0 Å². The lowest BCUT2D eigenvalue weighted by molar-refractivity contribution is 0.179. The number of benzene rings is 2.